The number of benzene rings is 7. The molecule has 0 unspecified atom stereocenters. The van der Waals surface area contributed by atoms with Gasteiger partial charge < -0.3 is 25.3 Å². The quantitative estimate of drug-likeness (QED) is 0.0394. The van der Waals surface area contributed by atoms with Crippen molar-refractivity contribution in [3.05, 3.63) is 299 Å². The summed E-state index contributed by atoms with van der Waals surface area (Å²) >= 11 is 0. The summed E-state index contributed by atoms with van der Waals surface area (Å²) in [5.74, 6) is -5.32. The molecule has 378 valence electrons. The third-order valence-corrected chi connectivity index (χ3v) is 12.2. The fourth-order valence-corrected chi connectivity index (χ4v) is 8.61. The summed E-state index contributed by atoms with van der Waals surface area (Å²) in [7, 11) is 0. The first-order valence-electron chi connectivity index (χ1n) is 23.7. The predicted molar refractivity (Wildman–Crippen MR) is 304 cm³/mol. The third kappa shape index (κ3) is 13.2. The monoisotopic (exact) mass is 1020 g/mol. The summed E-state index contributed by atoms with van der Waals surface area (Å²) in [5.41, 5.74) is 12.7. The van der Waals surface area contributed by atoms with Gasteiger partial charge in [-0.05, 0) is 159 Å². The highest BCUT2D eigenvalue weighted by atomic mass is 16.4. The molecule has 0 spiro atoms. The van der Waals surface area contributed by atoms with Gasteiger partial charge in [-0.15, -0.1) is 0 Å². The van der Waals surface area contributed by atoms with E-state index in [2.05, 4.69) is 57.2 Å². The Morgan fingerprint density at radius 1 is 0.359 bits per heavy atom. The number of hydrogen-bond acceptors (Lipinski definition) is 5. The van der Waals surface area contributed by atoms with Crippen LogP contribution in [0.2, 0.25) is 0 Å². The maximum absolute atomic E-state index is 11.6. The summed E-state index contributed by atoms with van der Waals surface area (Å²) in [6.45, 7) is 35.3. The Bertz CT molecular complexity index is 3450. The molecule has 0 saturated carbocycles. The van der Waals surface area contributed by atoms with Crippen LogP contribution in [0.25, 0.3) is 67.0 Å². The highest BCUT2D eigenvalue weighted by molar-refractivity contribution is 5.98. The van der Waals surface area contributed by atoms with Crippen LogP contribution >= 0.6 is 0 Å². The normalized spacial score (nSPS) is 11.4. The average Bonchev–Trinajstić information content (AvgIpc) is 3.45. The second-order valence-electron chi connectivity index (χ2n) is 17.7. The third-order valence-electron chi connectivity index (χ3n) is 12.2. The predicted octanol–water partition coefficient (Wildman–Crippen LogP) is 14.6. The zero-order valence-corrected chi connectivity index (χ0v) is 42.1. The van der Waals surface area contributed by atoms with Crippen molar-refractivity contribution in [1.29, 1.82) is 0 Å². The Balaban J connectivity index is 1.31. The molecule has 7 aromatic carbocycles. The molecule has 0 radical (unpaired) electrons. The van der Waals surface area contributed by atoms with Crippen LogP contribution in [-0.4, -0.2) is 44.3 Å². The highest BCUT2D eigenvalue weighted by Gasteiger charge is 2.19. The molecule has 0 saturated heterocycles. The van der Waals surface area contributed by atoms with Crippen molar-refractivity contribution in [3.63, 3.8) is 0 Å². The van der Waals surface area contributed by atoms with Gasteiger partial charge in [-0.3, -0.25) is 19.2 Å². The molecule has 0 aliphatic heterocycles. The molecule has 4 N–H and O–H groups in total. The van der Waals surface area contributed by atoms with Crippen molar-refractivity contribution in [2.75, 3.05) is 4.90 Å². The van der Waals surface area contributed by atoms with Gasteiger partial charge in [0, 0.05) is 11.4 Å². The van der Waals surface area contributed by atoms with E-state index in [4.69, 9.17) is 26.3 Å². The molecular formula is C65H45N5O8. The molecule has 0 heterocycles. The summed E-state index contributed by atoms with van der Waals surface area (Å²) in [6.07, 6.45) is 9.20. The van der Waals surface area contributed by atoms with Gasteiger partial charge in [0.1, 0.15) is 0 Å². The molecule has 7 rings (SSSR count). The van der Waals surface area contributed by atoms with Crippen molar-refractivity contribution < 1.29 is 39.6 Å². The molecule has 0 amide bonds. The first-order chi connectivity index (χ1) is 37.5. The molecule has 0 aliphatic carbocycles. The lowest BCUT2D eigenvalue weighted by molar-refractivity contribution is -0.133. The van der Waals surface area contributed by atoms with Crippen molar-refractivity contribution in [2.45, 2.75) is 20.8 Å². The number of carbonyl (C=O) groups is 4. The Hall–Kier alpha value is -11.4. The van der Waals surface area contributed by atoms with Crippen LogP contribution in [-0.2, 0) is 19.2 Å². The van der Waals surface area contributed by atoms with Crippen LogP contribution in [0.1, 0.15) is 72.3 Å². The topological polar surface area (TPSA) is 170 Å². The van der Waals surface area contributed by atoms with E-state index in [0.29, 0.717) is 22.3 Å². The second-order valence-corrected chi connectivity index (χ2v) is 17.7. The van der Waals surface area contributed by atoms with Crippen molar-refractivity contribution in [3.8, 4) is 0 Å². The van der Waals surface area contributed by atoms with E-state index >= 15 is 0 Å². The number of carboxylic acid groups (broad SMARTS) is 4. The zero-order valence-electron chi connectivity index (χ0n) is 42.1. The van der Waals surface area contributed by atoms with Gasteiger partial charge in [0.05, 0.1) is 32.0 Å². The molecule has 0 fully saturated rings. The summed E-state index contributed by atoms with van der Waals surface area (Å²) in [5, 5.41) is 37.8. The lowest BCUT2D eigenvalue weighted by atomic mass is 9.93. The summed E-state index contributed by atoms with van der Waals surface area (Å²) < 4.78 is 0. The standard InChI is InChI=1S/C65H45N5O8/c1-40-32-41(2)61(42(3)33-40)70(53-28-16-43(17-29-53)34-55(49-20-8-45(9-21-49)36-57(66-4)62(71)72)50-22-10-46(11-23-50)37-58(67-5)63(73)74)54-30-18-44(19-31-54)35-56(51-24-12-47(13-25-51)38-59(68-6)64(75)76)52-26-14-48(15-27-52)39-60(69-7)65(77)78/h8-39H,1-3H3,(H,71,72)(H,73,74)(H,75,76)(H,77,78)/b57-36-,58-37-,59-38-,60-39-. The number of anilines is 3. The van der Waals surface area contributed by atoms with E-state index in [1.807, 2.05) is 109 Å². The lowest BCUT2D eigenvalue weighted by Gasteiger charge is -2.29. The van der Waals surface area contributed by atoms with Crippen molar-refractivity contribution in [1.82, 2.24) is 0 Å². The van der Waals surface area contributed by atoms with Crippen molar-refractivity contribution in [2.24, 2.45) is 0 Å². The summed E-state index contributed by atoms with van der Waals surface area (Å²) in [4.78, 5) is 61.0. The summed E-state index contributed by atoms with van der Waals surface area (Å²) in [6, 6.07) is 48.8. The molecule has 13 heteroatoms. The fraction of sp³-hybridized carbons (Fsp3) is 0.0462. The van der Waals surface area contributed by atoms with Gasteiger partial charge in [0.2, 0.25) is 0 Å². The molecule has 0 aromatic heterocycles. The average molecular weight is 1020 g/mol. The van der Waals surface area contributed by atoms with Crippen LogP contribution in [0.3, 0.4) is 0 Å². The minimum atomic E-state index is -1.33. The van der Waals surface area contributed by atoms with Gasteiger partial charge >= 0.3 is 23.9 Å². The van der Waals surface area contributed by atoms with E-state index in [1.165, 1.54) is 24.3 Å². The number of nitrogens with zero attached hydrogens (tertiary/aromatic N) is 5. The highest BCUT2D eigenvalue weighted by Crippen LogP contribution is 2.40. The Labute approximate surface area is 450 Å². The van der Waals surface area contributed by atoms with Crippen molar-refractivity contribution >= 4 is 88.5 Å². The van der Waals surface area contributed by atoms with Gasteiger partial charge in [-0.1, -0.05) is 139 Å². The van der Waals surface area contributed by atoms with E-state index in [-0.39, 0.29) is 0 Å². The zero-order chi connectivity index (χ0) is 56.0. The van der Waals surface area contributed by atoms with E-state index in [9.17, 15) is 39.6 Å². The maximum Gasteiger partial charge on any atom is 0.333 e. The second kappa shape index (κ2) is 24.6. The van der Waals surface area contributed by atoms with Crippen LogP contribution < -0.4 is 4.90 Å². The van der Waals surface area contributed by atoms with Gasteiger partial charge in [0.25, 0.3) is 22.8 Å². The van der Waals surface area contributed by atoms with Crippen LogP contribution in [0.15, 0.2) is 181 Å². The minimum absolute atomic E-state index is 0.423. The molecule has 0 atom stereocenters. The Kier molecular flexibility index (Phi) is 17.1. The van der Waals surface area contributed by atoms with E-state index < -0.39 is 46.7 Å². The van der Waals surface area contributed by atoms with Crippen LogP contribution in [0.5, 0.6) is 0 Å². The van der Waals surface area contributed by atoms with Crippen LogP contribution in [0.4, 0.5) is 17.1 Å². The lowest BCUT2D eigenvalue weighted by Crippen LogP contribution is -2.13. The van der Waals surface area contributed by atoms with Gasteiger partial charge in [-0.25, -0.2) is 19.4 Å². The minimum Gasteiger partial charge on any atom is -0.486 e. The fourth-order valence-electron chi connectivity index (χ4n) is 8.61. The largest absolute Gasteiger partial charge is 0.486 e. The number of carboxylic acids is 4. The number of aryl methyl sites for hydroxylation is 3. The first kappa shape index (κ1) is 54.4. The molecule has 78 heavy (non-hydrogen) atoms. The number of rotatable bonds is 17. The molecule has 7 aromatic rings. The number of aliphatic carboxylic acids is 4. The first-order valence-corrected chi connectivity index (χ1v) is 23.7. The molecule has 0 aliphatic rings. The Morgan fingerprint density at radius 3 is 0.795 bits per heavy atom. The molecule has 0 bridgehead atoms. The smallest absolute Gasteiger partial charge is 0.333 e. The molecule has 13 nitrogen and oxygen atoms in total. The van der Waals surface area contributed by atoms with Gasteiger partial charge in [0.15, 0.2) is 0 Å². The van der Waals surface area contributed by atoms with E-state index in [1.54, 1.807) is 48.5 Å². The van der Waals surface area contributed by atoms with E-state index in [0.717, 1.165) is 78.3 Å². The maximum atomic E-state index is 11.6. The molecular weight excluding hydrogens is 979 g/mol. The SMILES string of the molecule is [C-]#[N+]/C(=C\c1ccc(C(=Cc2ccc(N(c3ccc(C=C(c4ccc(/C=C(\[N+]#[C-])C(=O)O)cc4)c4ccc(/C=C(\[N+]#[C-])C(=O)O)cc4)cc3)c3c(C)cc(C)cc3C)cc2)c2ccc(/C=C(\[N+]#[C-])C(=O)O)cc2)cc1)C(=O)O. The van der Waals surface area contributed by atoms with Crippen LogP contribution in [0, 0.1) is 47.1 Å². The Morgan fingerprint density at radius 2 is 0.577 bits per heavy atom. The number of hydrogen-bond donors (Lipinski definition) is 4. The van der Waals surface area contributed by atoms with Gasteiger partial charge in [-0.2, -0.15) is 0 Å².